The van der Waals surface area contributed by atoms with Crippen molar-refractivity contribution >= 4 is 11.9 Å². The minimum absolute atomic E-state index is 0.0992. The number of rotatable bonds is 2. The highest BCUT2D eigenvalue weighted by molar-refractivity contribution is 6.07. The van der Waals surface area contributed by atoms with E-state index in [0.717, 1.165) is 12.8 Å². The summed E-state index contributed by atoms with van der Waals surface area (Å²) in [5.74, 6) is 0.433. The zero-order valence-electron chi connectivity index (χ0n) is 9.53. The molecule has 1 saturated heterocycles. The predicted molar refractivity (Wildman–Crippen MR) is 57.7 cm³/mol. The molecule has 1 aliphatic heterocycles. The van der Waals surface area contributed by atoms with Crippen molar-refractivity contribution in [3.8, 4) is 0 Å². The lowest BCUT2D eigenvalue weighted by atomic mass is 9.76. The molecule has 3 amide bonds. The van der Waals surface area contributed by atoms with Crippen LogP contribution >= 0.6 is 0 Å². The number of hydrogen-bond acceptors (Lipinski definition) is 3. The van der Waals surface area contributed by atoms with Crippen LogP contribution < -0.4 is 5.32 Å². The Kier molecular flexibility index (Phi) is 2.88. The molecular weight excluding hydrogens is 208 g/mol. The molecule has 0 aromatic rings. The Hall–Kier alpha value is -1.10. The maximum atomic E-state index is 11.9. The van der Waals surface area contributed by atoms with Gasteiger partial charge in [-0.3, -0.25) is 10.1 Å². The van der Waals surface area contributed by atoms with Crippen LogP contribution in [0.1, 0.15) is 32.6 Å². The summed E-state index contributed by atoms with van der Waals surface area (Å²) in [5, 5.41) is 11.3. The van der Waals surface area contributed by atoms with E-state index in [4.69, 9.17) is 5.11 Å². The number of carbonyl (C=O) groups is 2. The van der Waals surface area contributed by atoms with E-state index in [2.05, 4.69) is 12.2 Å². The van der Waals surface area contributed by atoms with E-state index in [1.807, 2.05) is 0 Å². The Morgan fingerprint density at radius 3 is 2.62 bits per heavy atom. The third kappa shape index (κ3) is 1.59. The van der Waals surface area contributed by atoms with Gasteiger partial charge in [0.1, 0.15) is 5.54 Å². The van der Waals surface area contributed by atoms with E-state index >= 15 is 0 Å². The van der Waals surface area contributed by atoms with Gasteiger partial charge in [-0.1, -0.05) is 6.92 Å². The minimum atomic E-state index is -0.674. The smallest absolute Gasteiger partial charge is 0.325 e. The highest BCUT2D eigenvalue weighted by atomic mass is 16.3. The Bertz CT molecular complexity index is 308. The molecule has 2 aliphatic rings. The summed E-state index contributed by atoms with van der Waals surface area (Å²) in [6.07, 6.45) is 3.35. The number of hydrogen-bond donors (Lipinski definition) is 2. The average molecular weight is 226 g/mol. The highest BCUT2D eigenvalue weighted by Gasteiger charge is 2.53. The summed E-state index contributed by atoms with van der Waals surface area (Å²) in [5.41, 5.74) is -0.674. The Morgan fingerprint density at radius 2 is 2.06 bits per heavy atom. The van der Waals surface area contributed by atoms with Crippen LogP contribution in [-0.2, 0) is 4.79 Å². The van der Waals surface area contributed by atoms with Crippen molar-refractivity contribution in [1.29, 1.82) is 0 Å². The highest BCUT2D eigenvalue weighted by Crippen LogP contribution is 2.39. The molecular formula is C11H18N2O3. The maximum Gasteiger partial charge on any atom is 0.325 e. The minimum Gasteiger partial charge on any atom is -0.395 e. The summed E-state index contributed by atoms with van der Waals surface area (Å²) < 4.78 is 0. The van der Waals surface area contributed by atoms with Gasteiger partial charge in [0.25, 0.3) is 5.91 Å². The summed E-state index contributed by atoms with van der Waals surface area (Å²) >= 11 is 0. The van der Waals surface area contributed by atoms with E-state index in [0.29, 0.717) is 18.8 Å². The van der Waals surface area contributed by atoms with E-state index in [9.17, 15) is 9.59 Å². The zero-order chi connectivity index (χ0) is 11.8. The van der Waals surface area contributed by atoms with Crippen molar-refractivity contribution in [1.82, 2.24) is 10.2 Å². The van der Waals surface area contributed by atoms with E-state index in [1.54, 1.807) is 0 Å². The average Bonchev–Trinajstić information content (AvgIpc) is 2.48. The lowest BCUT2D eigenvalue weighted by molar-refractivity contribution is -0.128. The molecule has 0 bridgehead atoms. The van der Waals surface area contributed by atoms with Gasteiger partial charge in [0, 0.05) is 6.54 Å². The molecule has 2 rings (SSSR count). The fourth-order valence-corrected chi connectivity index (χ4v) is 2.75. The molecule has 0 radical (unpaired) electrons. The van der Waals surface area contributed by atoms with Crippen LogP contribution in [0.4, 0.5) is 4.79 Å². The maximum absolute atomic E-state index is 11.9. The number of imide groups is 1. The third-order valence-electron chi connectivity index (χ3n) is 3.83. The molecule has 1 heterocycles. The quantitative estimate of drug-likeness (QED) is 0.673. The van der Waals surface area contributed by atoms with E-state index < -0.39 is 5.54 Å². The molecule has 0 aromatic carbocycles. The predicted octanol–water partition coefficient (Wildman–Crippen LogP) is 0.479. The number of aliphatic hydroxyl groups is 1. The molecule has 1 spiro atoms. The van der Waals surface area contributed by atoms with Crippen molar-refractivity contribution in [3.63, 3.8) is 0 Å². The van der Waals surface area contributed by atoms with Crippen LogP contribution in [0.3, 0.4) is 0 Å². The number of nitrogens with one attached hydrogen (secondary N) is 1. The molecule has 0 atom stereocenters. The molecule has 0 unspecified atom stereocenters. The van der Waals surface area contributed by atoms with Gasteiger partial charge in [-0.05, 0) is 31.6 Å². The number of aliphatic hydroxyl groups excluding tert-OH is 1. The van der Waals surface area contributed by atoms with E-state index in [-0.39, 0.29) is 25.1 Å². The Labute approximate surface area is 94.8 Å². The molecule has 90 valence electrons. The molecule has 2 fully saturated rings. The second-order valence-electron chi connectivity index (χ2n) is 4.85. The van der Waals surface area contributed by atoms with Crippen LogP contribution in [0.5, 0.6) is 0 Å². The standard InChI is InChI=1S/C11H18N2O3/c1-8-2-4-11(5-3-8)9(15)12-10(16)13(11)6-7-14/h8,14H,2-7H2,1H3,(H,12,15,16). The van der Waals surface area contributed by atoms with Crippen LogP contribution in [0.15, 0.2) is 0 Å². The van der Waals surface area contributed by atoms with Gasteiger partial charge in [-0.2, -0.15) is 0 Å². The molecule has 1 saturated carbocycles. The second-order valence-corrected chi connectivity index (χ2v) is 4.85. The SMILES string of the molecule is CC1CCC2(CC1)C(=O)NC(=O)N2CCO. The van der Waals surface area contributed by atoms with Gasteiger partial charge in [-0.25, -0.2) is 4.79 Å². The van der Waals surface area contributed by atoms with Crippen molar-refractivity contribution in [3.05, 3.63) is 0 Å². The number of carbonyl (C=O) groups excluding carboxylic acids is 2. The topological polar surface area (TPSA) is 69.6 Å². The third-order valence-corrected chi connectivity index (χ3v) is 3.83. The van der Waals surface area contributed by atoms with Crippen molar-refractivity contribution in [2.45, 2.75) is 38.1 Å². The molecule has 0 aromatic heterocycles. The fraction of sp³-hybridized carbons (Fsp3) is 0.818. The Morgan fingerprint density at radius 1 is 1.44 bits per heavy atom. The first-order chi connectivity index (χ1) is 7.60. The largest absolute Gasteiger partial charge is 0.395 e. The number of amides is 3. The lowest BCUT2D eigenvalue weighted by Gasteiger charge is -2.39. The summed E-state index contributed by atoms with van der Waals surface area (Å²) in [6, 6.07) is -0.353. The monoisotopic (exact) mass is 226 g/mol. The number of β-amino-alcohol motifs (C(OH)–C–C–N with tert-alkyl or cyclic N) is 1. The van der Waals surface area contributed by atoms with Gasteiger partial charge in [0.15, 0.2) is 0 Å². The van der Waals surface area contributed by atoms with Gasteiger partial charge in [-0.15, -0.1) is 0 Å². The van der Waals surface area contributed by atoms with Gasteiger partial charge >= 0.3 is 6.03 Å². The van der Waals surface area contributed by atoms with Gasteiger partial charge in [0.2, 0.25) is 0 Å². The second kappa shape index (κ2) is 4.05. The lowest BCUT2D eigenvalue weighted by Crippen LogP contribution is -2.52. The van der Waals surface area contributed by atoms with Crippen molar-refractivity contribution < 1.29 is 14.7 Å². The summed E-state index contributed by atoms with van der Waals surface area (Å²) in [7, 11) is 0. The van der Waals surface area contributed by atoms with Crippen molar-refractivity contribution in [2.24, 2.45) is 5.92 Å². The van der Waals surface area contributed by atoms with Gasteiger partial charge < -0.3 is 10.0 Å². The van der Waals surface area contributed by atoms with Crippen LogP contribution in [0.2, 0.25) is 0 Å². The number of urea groups is 1. The van der Waals surface area contributed by atoms with E-state index in [1.165, 1.54) is 4.90 Å². The number of nitrogens with zero attached hydrogens (tertiary/aromatic N) is 1. The first kappa shape index (κ1) is 11.4. The fourth-order valence-electron chi connectivity index (χ4n) is 2.75. The normalized spacial score (nSPS) is 34.6. The van der Waals surface area contributed by atoms with Crippen molar-refractivity contribution in [2.75, 3.05) is 13.2 Å². The first-order valence-electron chi connectivity index (χ1n) is 5.84. The van der Waals surface area contributed by atoms with Gasteiger partial charge in [0.05, 0.1) is 6.61 Å². The molecule has 2 N–H and O–H groups in total. The molecule has 1 aliphatic carbocycles. The van der Waals surface area contributed by atoms with Crippen LogP contribution in [0, 0.1) is 5.92 Å². The zero-order valence-corrected chi connectivity index (χ0v) is 9.53. The summed E-state index contributed by atoms with van der Waals surface area (Å²) in [6.45, 7) is 2.31. The first-order valence-corrected chi connectivity index (χ1v) is 5.84. The van der Waals surface area contributed by atoms with Crippen LogP contribution in [0.25, 0.3) is 0 Å². The Balaban J connectivity index is 2.21. The molecule has 5 nitrogen and oxygen atoms in total. The molecule has 16 heavy (non-hydrogen) atoms. The van der Waals surface area contributed by atoms with Crippen LogP contribution in [-0.4, -0.2) is 40.6 Å². The summed E-state index contributed by atoms with van der Waals surface area (Å²) in [4.78, 5) is 25.0. The molecule has 5 heteroatoms.